The molecule has 15 nitrogen and oxygen atoms in total. The number of aromatic nitrogens is 4. The van der Waals surface area contributed by atoms with E-state index < -0.39 is 29.7 Å². The van der Waals surface area contributed by atoms with E-state index in [1.54, 1.807) is 30.6 Å². The van der Waals surface area contributed by atoms with Crippen molar-refractivity contribution in [2.45, 2.75) is 89.6 Å². The number of rotatable bonds is 14. The van der Waals surface area contributed by atoms with E-state index in [2.05, 4.69) is 38.5 Å². The second-order valence-corrected chi connectivity index (χ2v) is 15.6. The molecule has 5 heterocycles. The average molecular weight is 798 g/mol. The molecule has 2 aromatic heterocycles. The van der Waals surface area contributed by atoms with Crippen LogP contribution in [0.3, 0.4) is 0 Å². The van der Waals surface area contributed by atoms with Gasteiger partial charge in [-0.25, -0.2) is 4.68 Å². The zero-order chi connectivity index (χ0) is 41.2. The summed E-state index contributed by atoms with van der Waals surface area (Å²) in [5.74, 6) is -2.15. The molecule has 0 bridgehead atoms. The van der Waals surface area contributed by atoms with Crippen LogP contribution >= 0.6 is 0 Å². The Kier molecular flexibility index (Phi) is 11.1. The maximum Gasteiger partial charge on any atom is 0.264 e. The molecule has 304 valence electrons. The number of nitrogens with zero attached hydrogens (tertiary/aromatic N) is 5. The number of carbonyl (C=O) groups excluding carboxylic acids is 6. The smallest absolute Gasteiger partial charge is 0.264 e. The highest BCUT2D eigenvalue weighted by molar-refractivity contribution is 6.25. The Morgan fingerprint density at radius 3 is 2.42 bits per heavy atom. The molecule has 2 atom stereocenters. The molecule has 3 aromatic carbocycles. The molecule has 0 spiro atoms. The molecule has 5 amide bonds. The average Bonchev–Trinajstić information content (AvgIpc) is 3.87. The summed E-state index contributed by atoms with van der Waals surface area (Å²) in [5.41, 5.74) is 7.13. The van der Waals surface area contributed by atoms with E-state index in [0.29, 0.717) is 25.1 Å². The highest BCUT2D eigenvalue weighted by atomic mass is 16.2. The molecule has 1 fully saturated rings. The second kappa shape index (κ2) is 16.7. The summed E-state index contributed by atoms with van der Waals surface area (Å²) in [7, 11) is 1.90. The van der Waals surface area contributed by atoms with Gasteiger partial charge in [-0.1, -0.05) is 56.4 Å². The minimum atomic E-state index is -0.994. The first kappa shape index (κ1) is 39.2. The SMILES string of the molecule is C[C@@H]1CC(=O)Nc2cccc(-c3ccc4c(c3)c(-c3cnn(C(=O)CCCCCCCCCNc5cccc6c5C(=O)N(C5CCC(=O)NC5=O)C6=O)c3)nn4C)c2N1. The van der Waals surface area contributed by atoms with Gasteiger partial charge in [-0.3, -0.25) is 43.7 Å². The van der Waals surface area contributed by atoms with Gasteiger partial charge in [-0.15, -0.1) is 0 Å². The van der Waals surface area contributed by atoms with Crippen molar-refractivity contribution in [1.29, 1.82) is 0 Å². The second-order valence-electron chi connectivity index (χ2n) is 15.6. The van der Waals surface area contributed by atoms with E-state index in [0.717, 1.165) is 94.5 Å². The highest BCUT2D eigenvalue weighted by Crippen LogP contribution is 2.39. The van der Waals surface area contributed by atoms with Crippen LogP contribution in [0.15, 0.2) is 67.0 Å². The van der Waals surface area contributed by atoms with Crippen LogP contribution in [0.5, 0.6) is 0 Å². The van der Waals surface area contributed by atoms with Crippen LogP contribution in [0.1, 0.15) is 103 Å². The number of unbranched alkanes of at least 4 members (excludes halogenated alkanes) is 6. The molecule has 1 unspecified atom stereocenters. The number of nitrogens with one attached hydrogen (secondary N) is 4. The normalized spacial score (nSPS) is 17.7. The fraction of sp³-hybridized carbons (Fsp3) is 0.364. The summed E-state index contributed by atoms with van der Waals surface area (Å²) < 4.78 is 3.24. The van der Waals surface area contributed by atoms with Crippen molar-refractivity contribution >= 4 is 63.4 Å². The summed E-state index contributed by atoms with van der Waals surface area (Å²) in [4.78, 5) is 76.9. The molecule has 3 aliphatic heterocycles. The summed E-state index contributed by atoms with van der Waals surface area (Å²) >= 11 is 0. The molecular formula is C44H47N9O6. The Labute approximate surface area is 340 Å². The highest BCUT2D eigenvalue weighted by Gasteiger charge is 2.45. The zero-order valence-electron chi connectivity index (χ0n) is 33.2. The Bertz CT molecular complexity index is 2500. The predicted molar refractivity (Wildman–Crippen MR) is 223 cm³/mol. The van der Waals surface area contributed by atoms with Crippen LogP contribution in [0.2, 0.25) is 0 Å². The summed E-state index contributed by atoms with van der Waals surface area (Å²) in [6, 6.07) is 16.1. The van der Waals surface area contributed by atoms with E-state index in [4.69, 9.17) is 5.10 Å². The third-order valence-electron chi connectivity index (χ3n) is 11.3. The number of fused-ring (bicyclic) bond motifs is 3. The van der Waals surface area contributed by atoms with Gasteiger partial charge in [0.2, 0.25) is 23.6 Å². The molecule has 59 heavy (non-hydrogen) atoms. The lowest BCUT2D eigenvalue weighted by Gasteiger charge is -2.27. The molecule has 0 radical (unpaired) electrons. The Morgan fingerprint density at radius 2 is 1.61 bits per heavy atom. The van der Waals surface area contributed by atoms with E-state index in [9.17, 15) is 28.8 Å². The largest absolute Gasteiger partial charge is 0.384 e. The molecule has 4 N–H and O–H groups in total. The standard InChI is InChI=1S/C44H47N9O6/c1-26-22-37(55)48-33-15-10-12-29(41(33)47-26)27-17-18-34-31(23-27)40(50-51(34)2)28-24-46-52(25-28)38(56)16-8-6-4-3-5-7-9-21-45-32-14-11-13-30-39(32)44(59)53(43(30)58)35-19-20-36(54)49-42(35)57/h10-15,17-18,23-26,35,45,47H,3-9,16,19-22H2,1-2H3,(H,48,55)(H,49,54,57)/t26-,35?/m1/s1. The fourth-order valence-corrected chi connectivity index (χ4v) is 8.34. The van der Waals surface area contributed by atoms with Gasteiger partial charge < -0.3 is 16.0 Å². The molecule has 3 aliphatic rings. The van der Waals surface area contributed by atoms with Gasteiger partial charge in [-0.2, -0.15) is 10.2 Å². The lowest BCUT2D eigenvalue weighted by Crippen LogP contribution is -2.54. The first-order valence-corrected chi connectivity index (χ1v) is 20.4. The lowest BCUT2D eigenvalue weighted by atomic mass is 9.99. The van der Waals surface area contributed by atoms with Gasteiger partial charge in [0.25, 0.3) is 11.8 Å². The van der Waals surface area contributed by atoms with Crippen molar-refractivity contribution < 1.29 is 28.8 Å². The van der Waals surface area contributed by atoms with E-state index in [1.807, 2.05) is 42.9 Å². The number of benzene rings is 3. The van der Waals surface area contributed by atoms with E-state index >= 15 is 0 Å². The summed E-state index contributed by atoms with van der Waals surface area (Å²) in [5, 5.41) is 22.2. The zero-order valence-corrected chi connectivity index (χ0v) is 33.2. The number of carbonyl (C=O) groups is 6. The van der Waals surface area contributed by atoms with Crippen molar-refractivity contribution in [3.63, 3.8) is 0 Å². The first-order valence-electron chi connectivity index (χ1n) is 20.4. The quantitative estimate of drug-likeness (QED) is 0.0711. The van der Waals surface area contributed by atoms with Gasteiger partial charge in [0.1, 0.15) is 11.7 Å². The van der Waals surface area contributed by atoms with Crippen LogP contribution in [-0.4, -0.2) is 78.5 Å². The summed E-state index contributed by atoms with van der Waals surface area (Å²) in [6.07, 6.45) is 11.1. The lowest BCUT2D eigenvalue weighted by molar-refractivity contribution is -0.136. The molecule has 0 saturated carbocycles. The van der Waals surface area contributed by atoms with Gasteiger partial charge in [0, 0.05) is 67.3 Å². The van der Waals surface area contributed by atoms with Crippen molar-refractivity contribution in [2.75, 3.05) is 22.5 Å². The molecule has 0 aliphatic carbocycles. The van der Waals surface area contributed by atoms with Crippen molar-refractivity contribution in [3.8, 4) is 22.4 Å². The van der Waals surface area contributed by atoms with Gasteiger partial charge in [0.15, 0.2) is 0 Å². The molecular weight excluding hydrogens is 751 g/mol. The number of para-hydroxylation sites is 1. The van der Waals surface area contributed by atoms with Gasteiger partial charge >= 0.3 is 0 Å². The maximum atomic E-state index is 13.3. The molecule has 1 saturated heterocycles. The Morgan fingerprint density at radius 1 is 0.847 bits per heavy atom. The fourth-order valence-electron chi connectivity index (χ4n) is 8.34. The Hall–Kier alpha value is -6.64. The van der Waals surface area contributed by atoms with Crippen LogP contribution in [0, 0.1) is 0 Å². The predicted octanol–water partition coefficient (Wildman–Crippen LogP) is 6.52. The molecule has 8 rings (SSSR count). The summed E-state index contributed by atoms with van der Waals surface area (Å²) in [6.45, 7) is 2.62. The molecule has 5 aromatic rings. The number of aryl methyl sites for hydroxylation is 1. The van der Waals surface area contributed by atoms with Crippen LogP contribution in [0.4, 0.5) is 17.1 Å². The van der Waals surface area contributed by atoms with Gasteiger partial charge in [-0.05, 0) is 62.1 Å². The third-order valence-corrected chi connectivity index (χ3v) is 11.3. The minimum absolute atomic E-state index is 0.0169. The number of imide groups is 2. The number of piperidine rings is 1. The van der Waals surface area contributed by atoms with Crippen LogP contribution < -0.4 is 21.3 Å². The molecule has 15 heteroatoms. The maximum absolute atomic E-state index is 13.3. The van der Waals surface area contributed by atoms with E-state index in [-0.39, 0.29) is 41.8 Å². The Balaban J connectivity index is 0.787. The van der Waals surface area contributed by atoms with Crippen molar-refractivity contribution in [2.24, 2.45) is 7.05 Å². The van der Waals surface area contributed by atoms with E-state index in [1.165, 1.54) is 4.68 Å². The first-order chi connectivity index (χ1) is 28.6. The van der Waals surface area contributed by atoms with Crippen molar-refractivity contribution in [1.82, 2.24) is 29.8 Å². The monoisotopic (exact) mass is 797 g/mol. The minimum Gasteiger partial charge on any atom is -0.384 e. The van der Waals surface area contributed by atoms with Crippen LogP contribution in [-0.2, 0) is 21.4 Å². The number of hydrogen-bond acceptors (Lipinski definition) is 10. The topological polar surface area (TPSA) is 189 Å². The number of amides is 5. The van der Waals surface area contributed by atoms with Crippen LogP contribution in [0.25, 0.3) is 33.3 Å². The third kappa shape index (κ3) is 7.96. The van der Waals surface area contributed by atoms with Crippen molar-refractivity contribution in [3.05, 3.63) is 78.1 Å². The van der Waals surface area contributed by atoms with Gasteiger partial charge in [0.05, 0.1) is 34.2 Å². The number of anilines is 3. The number of hydrogen-bond donors (Lipinski definition) is 4.